The monoisotopic (exact) mass is 307 g/mol. The third-order valence-electron chi connectivity index (χ3n) is 2.29. The molecule has 0 bridgehead atoms. The average molecular weight is 307 g/mol. The van der Waals surface area contributed by atoms with Gasteiger partial charge in [-0.05, 0) is 25.1 Å². The molecule has 0 aliphatic rings. The van der Waals surface area contributed by atoms with Gasteiger partial charge in [-0.1, -0.05) is 6.07 Å². The highest BCUT2D eigenvalue weighted by atomic mass is 19.4. The van der Waals surface area contributed by atoms with Crippen molar-refractivity contribution in [2.45, 2.75) is 12.8 Å². The molecule has 1 aromatic carbocycles. The van der Waals surface area contributed by atoms with E-state index in [2.05, 4.69) is 15.4 Å². The van der Waals surface area contributed by atoms with Crippen LogP contribution in [-0.4, -0.2) is 32.6 Å². The molecule has 0 atom stereocenters. The lowest BCUT2D eigenvalue weighted by Gasteiger charge is -2.17. The van der Waals surface area contributed by atoms with Gasteiger partial charge in [0.2, 0.25) is 0 Å². The van der Waals surface area contributed by atoms with Crippen molar-refractivity contribution in [3.05, 3.63) is 18.2 Å². The van der Waals surface area contributed by atoms with Gasteiger partial charge in [0.05, 0.1) is 6.61 Å². The molecule has 0 spiro atoms. The summed E-state index contributed by atoms with van der Waals surface area (Å²) in [6.45, 7) is 0.575. The minimum atomic E-state index is -4.88. The van der Waals surface area contributed by atoms with Gasteiger partial charge in [0.1, 0.15) is 11.4 Å². The van der Waals surface area contributed by atoms with Crippen molar-refractivity contribution in [3.63, 3.8) is 0 Å². The number of nitrogens with two attached hydrogens (primary N) is 1. The van der Waals surface area contributed by atoms with Crippen molar-refractivity contribution < 1.29 is 27.4 Å². The van der Waals surface area contributed by atoms with Crippen LogP contribution in [0.5, 0.6) is 11.5 Å². The number of anilines is 1. The predicted molar refractivity (Wildman–Crippen MR) is 70.4 cm³/mol. The van der Waals surface area contributed by atoms with Gasteiger partial charge >= 0.3 is 12.4 Å². The minimum absolute atomic E-state index is 0.0637. The Morgan fingerprint density at radius 2 is 2.00 bits per heavy atom. The molecule has 118 valence electrons. The van der Waals surface area contributed by atoms with E-state index < -0.39 is 18.1 Å². The second-order valence-corrected chi connectivity index (χ2v) is 3.87. The fourth-order valence-electron chi connectivity index (χ4n) is 1.41. The fraction of sp³-hybridized carbons (Fsp3) is 0.417. The van der Waals surface area contributed by atoms with Crippen LogP contribution >= 0.6 is 0 Å². The Morgan fingerprint density at radius 3 is 2.57 bits per heavy atom. The number of amides is 2. The van der Waals surface area contributed by atoms with Crippen molar-refractivity contribution in [3.8, 4) is 11.5 Å². The first-order valence-corrected chi connectivity index (χ1v) is 6.07. The van der Waals surface area contributed by atoms with Crippen molar-refractivity contribution in [2.75, 3.05) is 25.5 Å². The topological polar surface area (TPSA) is 85.6 Å². The van der Waals surface area contributed by atoms with Crippen molar-refractivity contribution in [1.82, 2.24) is 5.32 Å². The summed E-state index contributed by atoms with van der Waals surface area (Å²) in [5, 5.41) is 4.48. The lowest BCUT2D eigenvalue weighted by molar-refractivity contribution is -0.274. The maximum absolute atomic E-state index is 12.4. The lowest BCUT2D eigenvalue weighted by atomic mass is 10.2. The molecule has 9 heteroatoms. The van der Waals surface area contributed by atoms with Gasteiger partial charge in [0.15, 0.2) is 5.75 Å². The Hall–Kier alpha value is -2.16. The zero-order chi connectivity index (χ0) is 15.9. The van der Waals surface area contributed by atoms with Crippen LogP contribution in [0.4, 0.5) is 23.7 Å². The number of benzene rings is 1. The molecule has 2 amide bonds. The predicted octanol–water partition coefficient (Wildman–Crippen LogP) is 2.06. The number of nitrogens with one attached hydrogen (secondary N) is 2. The van der Waals surface area contributed by atoms with Crippen LogP contribution in [-0.2, 0) is 0 Å². The molecule has 21 heavy (non-hydrogen) atoms. The number of hydrogen-bond donors (Lipinski definition) is 3. The zero-order valence-electron chi connectivity index (χ0n) is 11.3. The van der Waals surface area contributed by atoms with Crippen LogP contribution in [0.2, 0.25) is 0 Å². The van der Waals surface area contributed by atoms with E-state index in [0.717, 1.165) is 6.07 Å². The Kier molecular flexibility index (Phi) is 6.10. The van der Waals surface area contributed by atoms with Crippen LogP contribution in [0, 0.1) is 0 Å². The maximum atomic E-state index is 12.4. The minimum Gasteiger partial charge on any atom is -0.491 e. The number of halogens is 3. The van der Waals surface area contributed by atoms with E-state index in [9.17, 15) is 18.0 Å². The van der Waals surface area contributed by atoms with Gasteiger partial charge in [0, 0.05) is 7.05 Å². The van der Waals surface area contributed by atoms with E-state index >= 15 is 0 Å². The molecule has 4 N–H and O–H groups in total. The highest BCUT2D eigenvalue weighted by Crippen LogP contribution is 2.37. The second-order valence-electron chi connectivity index (χ2n) is 3.87. The summed E-state index contributed by atoms with van der Waals surface area (Å²) in [5.74, 6) is -0.495. The van der Waals surface area contributed by atoms with Gasteiger partial charge in [0.25, 0.3) is 0 Å². The van der Waals surface area contributed by atoms with Gasteiger partial charge < -0.3 is 25.8 Å². The molecule has 0 saturated heterocycles. The van der Waals surface area contributed by atoms with E-state index in [-0.39, 0.29) is 18.0 Å². The standard InChI is InChI=1S/C12H16F3N3O3/c1-17-11(19)18-10-8(20-7-3-6-16)4-2-5-9(10)21-12(13,14)15/h2,4-5H,3,6-7,16H2,1H3,(H2,17,18,19). The largest absolute Gasteiger partial charge is 0.573 e. The third kappa shape index (κ3) is 5.78. The highest BCUT2D eigenvalue weighted by molar-refractivity contribution is 5.92. The number of rotatable bonds is 6. The number of urea groups is 1. The molecule has 0 heterocycles. The Bertz CT molecular complexity index is 481. The summed E-state index contributed by atoms with van der Waals surface area (Å²) in [4.78, 5) is 11.3. The van der Waals surface area contributed by atoms with Gasteiger partial charge in [-0.25, -0.2) is 4.79 Å². The van der Waals surface area contributed by atoms with Crippen molar-refractivity contribution >= 4 is 11.7 Å². The Balaban J connectivity index is 3.04. The number of hydrogen-bond acceptors (Lipinski definition) is 4. The molecule has 0 fully saturated rings. The quantitative estimate of drug-likeness (QED) is 0.702. The van der Waals surface area contributed by atoms with Crippen LogP contribution in [0.15, 0.2) is 18.2 Å². The third-order valence-corrected chi connectivity index (χ3v) is 2.29. The van der Waals surface area contributed by atoms with E-state index in [1.807, 2.05) is 0 Å². The molecule has 0 unspecified atom stereocenters. The van der Waals surface area contributed by atoms with E-state index in [1.165, 1.54) is 19.2 Å². The summed E-state index contributed by atoms with van der Waals surface area (Å²) < 4.78 is 46.3. The molecule has 0 saturated carbocycles. The fourth-order valence-corrected chi connectivity index (χ4v) is 1.41. The molecule has 0 aliphatic carbocycles. The van der Waals surface area contributed by atoms with Crippen LogP contribution in [0.1, 0.15) is 6.42 Å². The number of ether oxygens (including phenoxy) is 2. The number of carbonyl (C=O) groups is 1. The maximum Gasteiger partial charge on any atom is 0.573 e. The summed E-state index contributed by atoms with van der Waals surface area (Å²) in [6, 6.07) is 3.13. The molecule has 1 rings (SSSR count). The van der Waals surface area contributed by atoms with Gasteiger partial charge in [-0.3, -0.25) is 0 Å². The summed E-state index contributed by atoms with van der Waals surface area (Å²) in [6.07, 6.45) is -4.36. The molecule has 6 nitrogen and oxygen atoms in total. The number of alkyl halides is 3. The van der Waals surface area contributed by atoms with Gasteiger partial charge in [-0.2, -0.15) is 0 Å². The molecule has 0 aromatic heterocycles. The average Bonchev–Trinajstić information content (AvgIpc) is 2.40. The first-order valence-electron chi connectivity index (χ1n) is 6.07. The molecule has 0 radical (unpaired) electrons. The van der Waals surface area contributed by atoms with Gasteiger partial charge in [-0.15, -0.1) is 13.2 Å². The first-order chi connectivity index (χ1) is 9.87. The van der Waals surface area contributed by atoms with E-state index in [0.29, 0.717) is 13.0 Å². The van der Waals surface area contributed by atoms with Crippen LogP contribution in [0.3, 0.4) is 0 Å². The number of para-hydroxylation sites is 1. The van der Waals surface area contributed by atoms with Crippen molar-refractivity contribution in [2.24, 2.45) is 5.73 Å². The highest BCUT2D eigenvalue weighted by Gasteiger charge is 2.33. The molecular weight excluding hydrogens is 291 g/mol. The van der Waals surface area contributed by atoms with Crippen molar-refractivity contribution in [1.29, 1.82) is 0 Å². The lowest BCUT2D eigenvalue weighted by Crippen LogP contribution is -2.26. The number of carbonyl (C=O) groups excluding carboxylic acids is 1. The molecule has 0 aliphatic heterocycles. The Morgan fingerprint density at radius 1 is 1.33 bits per heavy atom. The van der Waals surface area contributed by atoms with Crippen LogP contribution < -0.4 is 25.8 Å². The molecule has 1 aromatic rings. The summed E-state index contributed by atoms with van der Waals surface area (Å²) >= 11 is 0. The summed E-state index contributed by atoms with van der Waals surface area (Å²) in [5.41, 5.74) is 5.11. The zero-order valence-corrected chi connectivity index (χ0v) is 11.3. The first kappa shape index (κ1) is 16.9. The Labute approximate surface area is 119 Å². The van der Waals surface area contributed by atoms with E-state index in [1.54, 1.807) is 0 Å². The van der Waals surface area contributed by atoms with E-state index in [4.69, 9.17) is 10.5 Å². The summed E-state index contributed by atoms with van der Waals surface area (Å²) in [7, 11) is 1.33. The smallest absolute Gasteiger partial charge is 0.491 e. The SMILES string of the molecule is CNC(=O)Nc1c(OCCCN)cccc1OC(F)(F)F. The molecular formula is C12H16F3N3O3. The normalized spacial score (nSPS) is 10.9. The second kappa shape index (κ2) is 7.58. The van der Waals surface area contributed by atoms with Crippen LogP contribution in [0.25, 0.3) is 0 Å².